The maximum absolute atomic E-state index is 13.8. The number of esters is 2. The molecule has 2 aromatic carbocycles. The molecule has 0 unspecified atom stereocenters. The number of anilines is 1. The monoisotopic (exact) mass is 490 g/mol. The molecule has 6 rings (SSSR count). The predicted octanol–water partition coefficient (Wildman–Crippen LogP) is 1.18. The maximum atomic E-state index is 13.8. The maximum Gasteiger partial charge on any atom is 0.349 e. The van der Waals surface area contributed by atoms with Crippen molar-refractivity contribution >= 4 is 35.3 Å². The van der Waals surface area contributed by atoms with Gasteiger partial charge < -0.3 is 14.2 Å². The van der Waals surface area contributed by atoms with Gasteiger partial charge in [-0.3, -0.25) is 19.3 Å². The SMILES string of the molecule is COC(=O)[C@@]12O[C@]3(CC[C@H](C(=O)OCc4ccccc4)N3C1=O)[C@@H]1C(=O)N(c3ccccc3)C(=O)[C@@H]12. The van der Waals surface area contributed by atoms with Gasteiger partial charge in [0.2, 0.25) is 11.8 Å². The Hall–Kier alpha value is -4.05. The zero-order chi connectivity index (χ0) is 25.2. The summed E-state index contributed by atoms with van der Waals surface area (Å²) in [6.45, 7) is -0.000535. The molecule has 2 aromatic rings. The van der Waals surface area contributed by atoms with Crippen molar-refractivity contribution in [1.29, 1.82) is 0 Å². The van der Waals surface area contributed by atoms with Crippen molar-refractivity contribution in [3.05, 3.63) is 66.2 Å². The molecular weight excluding hydrogens is 468 g/mol. The summed E-state index contributed by atoms with van der Waals surface area (Å²) in [6, 6.07) is 16.3. The van der Waals surface area contributed by atoms with Gasteiger partial charge in [0.1, 0.15) is 24.5 Å². The van der Waals surface area contributed by atoms with E-state index in [-0.39, 0.29) is 19.4 Å². The summed E-state index contributed by atoms with van der Waals surface area (Å²) >= 11 is 0. The Labute approximate surface area is 205 Å². The molecular formula is C26H22N2O8. The van der Waals surface area contributed by atoms with Crippen LogP contribution in [0.1, 0.15) is 18.4 Å². The van der Waals surface area contributed by atoms with Crippen LogP contribution in [-0.2, 0) is 44.8 Å². The lowest BCUT2D eigenvalue weighted by Crippen LogP contribution is -2.63. The highest BCUT2D eigenvalue weighted by molar-refractivity contribution is 6.28. The smallest absolute Gasteiger partial charge is 0.349 e. The predicted molar refractivity (Wildman–Crippen MR) is 121 cm³/mol. The molecule has 0 aromatic heterocycles. The fourth-order valence-electron chi connectivity index (χ4n) is 6.16. The Morgan fingerprint density at radius 1 is 0.972 bits per heavy atom. The van der Waals surface area contributed by atoms with Gasteiger partial charge in [-0.1, -0.05) is 48.5 Å². The Kier molecular flexibility index (Phi) is 4.81. The van der Waals surface area contributed by atoms with Crippen LogP contribution in [-0.4, -0.2) is 59.0 Å². The van der Waals surface area contributed by atoms with E-state index in [9.17, 15) is 24.0 Å². The second-order valence-corrected chi connectivity index (χ2v) is 9.30. The lowest BCUT2D eigenvalue weighted by atomic mass is 9.74. The summed E-state index contributed by atoms with van der Waals surface area (Å²) in [4.78, 5) is 69.4. The van der Waals surface area contributed by atoms with E-state index in [1.54, 1.807) is 42.5 Å². The number of carbonyl (C=O) groups is 5. The van der Waals surface area contributed by atoms with E-state index >= 15 is 0 Å². The van der Waals surface area contributed by atoms with Crippen molar-refractivity contribution in [2.75, 3.05) is 12.0 Å². The number of benzene rings is 2. The number of piperidine rings is 1. The number of nitrogens with zero attached hydrogens (tertiary/aromatic N) is 2. The van der Waals surface area contributed by atoms with E-state index in [0.29, 0.717) is 5.69 Å². The van der Waals surface area contributed by atoms with Gasteiger partial charge >= 0.3 is 11.9 Å². The second kappa shape index (κ2) is 7.72. The number of fused-ring (bicyclic) bond motifs is 3. The molecule has 10 heteroatoms. The summed E-state index contributed by atoms with van der Waals surface area (Å²) in [5.41, 5.74) is -2.87. The van der Waals surface area contributed by atoms with Crippen LogP contribution in [0.25, 0.3) is 0 Å². The molecule has 4 saturated heterocycles. The van der Waals surface area contributed by atoms with Gasteiger partial charge in [-0.2, -0.15) is 0 Å². The quantitative estimate of drug-likeness (QED) is 0.348. The third-order valence-corrected chi connectivity index (χ3v) is 7.60. The number of rotatable bonds is 5. The molecule has 4 aliphatic rings. The Bertz CT molecular complexity index is 1300. The largest absolute Gasteiger partial charge is 0.466 e. The van der Waals surface area contributed by atoms with Gasteiger partial charge in [-0.15, -0.1) is 0 Å². The average Bonchev–Trinajstić information content (AvgIpc) is 3.59. The van der Waals surface area contributed by atoms with Gasteiger partial charge in [0.05, 0.1) is 12.8 Å². The first-order valence-corrected chi connectivity index (χ1v) is 11.6. The van der Waals surface area contributed by atoms with Crippen molar-refractivity contribution < 1.29 is 38.2 Å². The highest BCUT2D eigenvalue weighted by atomic mass is 16.6. The molecule has 4 aliphatic heterocycles. The van der Waals surface area contributed by atoms with E-state index < -0.39 is 58.9 Å². The third kappa shape index (κ3) is 2.67. The van der Waals surface area contributed by atoms with Gasteiger partial charge in [0.25, 0.3) is 11.5 Å². The normalized spacial score (nSPS) is 32.0. The summed E-state index contributed by atoms with van der Waals surface area (Å²) in [6.07, 6.45) is 0.248. The zero-order valence-corrected chi connectivity index (χ0v) is 19.3. The molecule has 0 saturated carbocycles. The number of ether oxygens (including phenoxy) is 3. The number of hydrogen-bond donors (Lipinski definition) is 0. The minimum Gasteiger partial charge on any atom is -0.466 e. The van der Waals surface area contributed by atoms with E-state index in [4.69, 9.17) is 14.2 Å². The van der Waals surface area contributed by atoms with E-state index in [0.717, 1.165) is 22.5 Å². The molecule has 5 atom stereocenters. The van der Waals surface area contributed by atoms with Crippen LogP contribution in [0.2, 0.25) is 0 Å². The first-order chi connectivity index (χ1) is 17.4. The van der Waals surface area contributed by atoms with E-state index in [2.05, 4.69) is 0 Å². The fourth-order valence-corrected chi connectivity index (χ4v) is 6.16. The minimum atomic E-state index is -2.34. The summed E-state index contributed by atoms with van der Waals surface area (Å²) in [7, 11) is 1.08. The van der Waals surface area contributed by atoms with E-state index in [1.165, 1.54) is 0 Å². The highest BCUT2D eigenvalue weighted by Crippen LogP contribution is 2.64. The average molecular weight is 490 g/mol. The number of amides is 3. The standard InChI is InChI=1S/C26H22N2O8/c1-34-24(33)26-19-18(20(29)27(21(19)30)16-10-6-3-7-11-16)25(36-26)13-12-17(28(25)23(26)32)22(31)35-14-15-8-4-2-5-9-15/h2-11,17-19H,12-14H2,1H3/t17-,18+,19-,25-,26+/m1/s1. The van der Waals surface area contributed by atoms with Crippen LogP contribution in [0.3, 0.4) is 0 Å². The third-order valence-electron chi connectivity index (χ3n) is 7.60. The number of hydrogen-bond acceptors (Lipinski definition) is 8. The highest BCUT2D eigenvalue weighted by Gasteiger charge is 2.87. The van der Waals surface area contributed by atoms with Crippen molar-refractivity contribution in [2.24, 2.45) is 11.8 Å². The van der Waals surface area contributed by atoms with Crippen molar-refractivity contribution in [1.82, 2.24) is 4.90 Å². The van der Waals surface area contributed by atoms with Crippen LogP contribution in [0.5, 0.6) is 0 Å². The summed E-state index contributed by atoms with van der Waals surface area (Å²) < 4.78 is 16.5. The first-order valence-electron chi connectivity index (χ1n) is 11.6. The van der Waals surface area contributed by atoms with Gasteiger partial charge in [-0.25, -0.2) is 14.5 Å². The minimum absolute atomic E-state index is 0.000535. The Morgan fingerprint density at radius 3 is 2.28 bits per heavy atom. The molecule has 2 bridgehead atoms. The molecule has 10 nitrogen and oxygen atoms in total. The fraction of sp³-hybridized carbons (Fsp3) is 0.346. The topological polar surface area (TPSA) is 120 Å². The lowest BCUT2D eigenvalue weighted by Gasteiger charge is -2.37. The van der Waals surface area contributed by atoms with Crippen LogP contribution in [0, 0.1) is 11.8 Å². The molecule has 3 amide bonds. The second-order valence-electron chi connectivity index (χ2n) is 9.30. The van der Waals surface area contributed by atoms with Crippen LogP contribution < -0.4 is 4.90 Å². The Morgan fingerprint density at radius 2 is 1.61 bits per heavy atom. The molecule has 4 heterocycles. The van der Waals surface area contributed by atoms with Crippen LogP contribution in [0.4, 0.5) is 5.69 Å². The summed E-state index contributed by atoms with van der Waals surface area (Å²) in [5.74, 6) is -6.44. The van der Waals surface area contributed by atoms with Crippen molar-refractivity contribution in [2.45, 2.75) is 36.8 Å². The van der Waals surface area contributed by atoms with Gasteiger partial charge in [-0.05, 0) is 30.5 Å². The van der Waals surface area contributed by atoms with Gasteiger partial charge in [0, 0.05) is 0 Å². The molecule has 1 spiro atoms. The molecule has 0 radical (unpaired) electrons. The Balaban J connectivity index is 1.38. The molecule has 184 valence electrons. The van der Waals surface area contributed by atoms with Crippen LogP contribution in [0.15, 0.2) is 60.7 Å². The number of imide groups is 1. The summed E-state index contributed by atoms with van der Waals surface area (Å²) in [5, 5.41) is 0. The van der Waals surface area contributed by atoms with Crippen molar-refractivity contribution in [3.63, 3.8) is 0 Å². The van der Waals surface area contributed by atoms with Crippen molar-refractivity contribution in [3.8, 4) is 0 Å². The van der Waals surface area contributed by atoms with E-state index in [1.807, 2.05) is 18.2 Å². The molecule has 4 fully saturated rings. The molecule has 0 aliphatic carbocycles. The molecule has 36 heavy (non-hydrogen) atoms. The number of carbonyl (C=O) groups excluding carboxylic acids is 5. The first kappa shape index (κ1) is 22.4. The molecule has 0 N–H and O–H groups in total. The number of methoxy groups -OCH3 is 1. The zero-order valence-electron chi connectivity index (χ0n) is 19.3. The lowest BCUT2D eigenvalue weighted by molar-refractivity contribution is -0.174. The van der Waals surface area contributed by atoms with Gasteiger partial charge in [0.15, 0.2) is 5.72 Å². The van der Waals surface area contributed by atoms with Crippen LogP contribution >= 0.6 is 0 Å². The number of para-hydroxylation sites is 1.